The van der Waals surface area contributed by atoms with Crippen LogP contribution in [0.25, 0.3) is 0 Å². The van der Waals surface area contributed by atoms with Crippen LogP contribution < -0.4 is 0 Å². The average Bonchev–Trinajstić information content (AvgIpc) is 2.44. The van der Waals surface area contributed by atoms with Crippen LogP contribution in [0.4, 0.5) is 0 Å². The molecule has 4 aliphatic carbocycles. The highest BCUT2D eigenvalue weighted by Gasteiger charge is 2.59. The van der Waals surface area contributed by atoms with E-state index >= 15 is 0 Å². The van der Waals surface area contributed by atoms with Crippen LogP contribution in [0.2, 0.25) is 0 Å². The molecule has 1 amide bonds. The van der Waals surface area contributed by atoms with Crippen molar-refractivity contribution in [1.82, 2.24) is 4.90 Å². The third-order valence-electron chi connectivity index (χ3n) is 6.93. The Kier molecular flexibility index (Phi) is 3.44. The van der Waals surface area contributed by atoms with E-state index in [0.29, 0.717) is 11.3 Å². The number of alkyl halides is 1. The Morgan fingerprint density at radius 2 is 1.76 bits per heavy atom. The van der Waals surface area contributed by atoms with Gasteiger partial charge in [-0.3, -0.25) is 4.79 Å². The molecule has 0 aromatic heterocycles. The molecule has 3 heteroatoms. The lowest BCUT2D eigenvalue weighted by Gasteiger charge is -2.61. The van der Waals surface area contributed by atoms with Gasteiger partial charge >= 0.3 is 0 Å². The van der Waals surface area contributed by atoms with E-state index in [4.69, 9.17) is 0 Å². The minimum absolute atomic E-state index is 0.0417. The number of amides is 1. The zero-order chi connectivity index (χ0) is 14.7. The van der Waals surface area contributed by atoms with Gasteiger partial charge in [-0.15, -0.1) is 0 Å². The van der Waals surface area contributed by atoms with E-state index in [2.05, 4.69) is 27.8 Å². The smallest absolute Gasteiger partial charge is 0.228 e. The second kappa shape index (κ2) is 4.97. The maximum absolute atomic E-state index is 13.3. The Labute approximate surface area is 137 Å². The Bertz CT molecular complexity index is 426. The first kappa shape index (κ1) is 14.5. The predicted molar refractivity (Wildman–Crippen MR) is 88.3 cm³/mol. The van der Waals surface area contributed by atoms with Crippen LogP contribution in [0, 0.1) is 28.6 Å². The summed E-state index contributed by atoms with van der Waals surface area (Å²) in [7, 11) is 0. The number of rotatable bonds is 2. The molecule has 4 saturated carbocycles. The molecule has 21 heavy (non-hydrogen) atoms. The Balaban J connectivity index is 1.52. The van der Waals surface area contributed by atoms with Crippen LogP contribution in [-0.2, 0) is 4.79 Å². The summed E-state index contributed by atoms with van der Waals surface area (Å²) in [5.41, 5.74) is 0.522. The second-order valence-corrected chi connectivity index (χ2v) is 9.59. The van der Waals surface area contributed by atoms with Crippen LogP contribution in [0.15, 0.2) is 0 Å². The number of hydrogen-bond donors (Lipinski definition) is 0. The Morgan fingerprint density at radius 3 is 2.29 bits per heavy atom. The quantitative estimate of drug-likeness (QED) is 0.680. The number of hydrogen-bond acceptors (Lipinski definition) is 1. The van der Waals surface area contributed by atoms with E-state index < -0.39 is 0 Å². The highest BCUT2D eigenvalue weighted by atomic mass is 79.9. The molecule has 0 aromatic rings. The summed E-state index contributed by atoms with van der Waals surface area (Å²) in [6.45, 7) is 4.47. The highest BCUT2D eigenvalue weighted by Crippen LogP contribution is 2.65. The van der Waals surface area contributed by atoms with Gasteiger partial charge in [-0.25, -0.2) is 0 Å². The van der Waals surface area contributed by atoms with E-state index in [1.165, 1.54) is 51.4 Å². The molecular formula is C18H28BrNO. The van der Waals surface area contributed by atoms with Gasteiger partial charge in [0.15, 0.2) is 0 Å². The Morgan fingerprint density at radius 1 is 1.14 bits per heavy atom. The van der Waals surface area contributed by atoms with Crippen molar-refractivity contribution in [3.63, 3.8) is 0 Å². The summed E-state index contributed by atoms with van der Waals surface area (Å²) in [4.78, 5) is 15.5. The summed E-state index contributed by atoms with van der Waals surface area (Å²) in [5.74, 6) is 3.01. The van der Waals surface area contributed by atoms with Gasteiger partial charge in [-0.2, -0.15) is 0 Å². The summed E-state index contributed by atoms with van der Waals surface area (Å²) in [5, 5.41) is 1.10. The fraction of sp³-hybridized carbons (Fsp3) is 0.944. The molecule has 0 spiro atoms. The Hall–Kier alpha value is -0.0500. The van der Waals surface area contributed by atoms with Crippen LogP contribution in [0.5, 0.6) is 0 Å². The summed E-state index contributed by atoms with van der Waals surface area (Å²) < 4.78 is 0. The fourth-order valence-electron chi connectivity index (χ4n) is 6.60. The van der Waals surface area contributed by atoms with Crippen molar-refractivity contribution in [1.29, 1.82) is 0 Å². The standard InChI is InChI=1S/C18H28BrNO/c1-17-7-14-6-15(8-17)10-18(9-14,12-17)16(21)20-4-2-13(11-19)3-5-20/h13-15H,2-12H2,1H3. The van der Waals surface area contributed by atoms with E-state index in [0.717, 1.165) is 36.2 Å². The molecule has 2 unspecified atom stereocenters. The summed E-state index contributed by atoms with van der Waals surface area (Å²) >= 11 is 3.60. The van der Waals surface area contributed by atoms with Crippen LogP contribution in [-0.4, -0.2) is 29.2 Å². The average molecular weight is 354 g/mol. The van der Waals surface area contributed by atoms with Crippen molar-refractivity contribution in [2.75, 3.05) is 18.4 Å². The highest BCUT2D eigenvalue weighted by molar-refractivity contribution is 9.09. The minimum atomic E-state index is 0.0417. The first-order valence-corrected chi connectivity index (χ1v) is 9.99. The van der Waals surface area contributed by atoms with Gasteiger partial charge in [-0.1, -0.05) is 22.9 Å². The molecular weight excluding hydrogens is 326 g/mol. The molecule has 1 saturated heterocycles. The first-order chi connectivity index (χ1) is 10.0. The largest absolute Gasteiger partial charge is 0.342 e. The van der Waals surface area contributed by atoms with Crippen molar-refractivity contribution < 1.29 is 4.79 Å². The van der Waals surface area contributed by atoms with Gasteiger partial charge in [-0.05, 0) is 74.5 Å². The van der Waals surface area contributed by atoms with E-state index in [1.54, 1.807) is 0 Å². The molecule has 2 atom stereocenters. The minimum Gasteiger partial charge on any atom is -0.342 e. The zero-order valence-corrected chi connectivity index (χ0v) is 14.8. The van der Waals surface area contributed by atoms with Crippen molar-refractivity contribution in [3.05, 3.63) is 0 Å². The molecule has 2 nitrogen and oxygen atoms in total. The van der Waals surface area contributed by atoms with Crippen molar-refractivity contribution >= 4 is 21.8 Å². The van der Waals surface area contributed by atoms with Crippen molar-refractivity contribution in [3.8, 4) is 0 Å². The maximum Gasteiger partial charge on any atom is 0.228 e. The maximum atomic E-state index is 13.3. The number of likely N-dealkylation sites (tertiary alicyclic amines) is 1. The van der Waals surface area contributed by atoms with Crippen molar-refractivity contribution in [2.24, 2.45) is 28.6 Å². The van der Waals surface area contributed by atoms with Gasteiger partial charge in [0.1, 0.15) is 0 Å². The molecule has 1 aliphatic heterocycles. The fourth-order valence-corrected chi connectivity index (χ4v) is 7.24. The van der Waals surface area contributed by atoms with E-state index in [9.17, 15) is 4.79 Å². The number of halogens is 1. The SMILES string of the molecule is CC12CC3CC(C1)CC(C(=O)N1CCC(CBr)CC1)(C3)C2. The second-order valence-electron chi connectivity index (χ2n) is 8.94. The van der Waals surface area contributed by atoms with Gasteiger partial charge in [0.05, 0.1) is 5.41 Å². The van der Waals surface area contributed by atoms with Gasteiger partial charge in [0.2, 0.25) is 5.91 Å². The van der Waals surface area contributed by atoms with Crippen molar-refractivity contribution in [2.45, 2.75) is 58.3 Å². The van der Waals surface area contributed by atoms with Crippen LogP contribution in [0.1, 0.15) is 58.3 Å². The monoisotopic (exact) mass is 353 g/mol. The number of piperidine rings is 1. The van der Waals surface area contributed by atoms with Crippen LogP contribution in [0.3, 0.4) is 0 Å². The predicted octanol–water partition coefficient (Wildman–Crippen LogP) is 4.23. The summed E-state index contributed by atoms with van der Waals surface area (Å²) in [6, 6.07) is 0. The van der Waals surface area contributed by atoms with Gasteiger partial charge in [0, 0.05) is 18.4 Å². The first-order valence-electron chi connectivity index (χ1n) is 8.87. The third-order valence-corrected chi connectivity index (χ3v) is 7.84. The molecule has 0 aromatic carbocycles. The van der Waals surface area contributed by atoms with Gasteiger partial charge < -0.3 is 4.90 Å². The number of carbonyl (C=O) groups excluding carboxylic acids is 1. The zero-order valence-electron chi connectivity index (χ0n) is 13.2. The van der Waals surface area contributed by atoms with Gasteiger partial charge in [0.25, 0.3) is 0 Å². The van der Waals surface area contributed by atoms with E-state index in [1.807, 2.05) is 0 Å². The molecule has 5 aliphatic rings. The van der Waals surface area contributed by atoms with Crippen LogP contribution >= 0.6 is 15.9 Å². The lowest BCUT2D eigenvalue weighted by Crippen LogP contribution is -2.58. The molecule has 0 radical (unpaired) electrons. The molecule has 5 rings (SSSR count). The molecule has 118 valence electrons. The topological polar surface area (TPSA) is 20.3 Å². The molecule has 4 bridgehead atoms. The normalized spacial score (nSPS) is 46.1. The number of nitrogens with zero attached hydrogens (tertiary/aromatic N) is 1. The molecule has 0 N–H and O–H groups in total. The third kappa shape index (κ3) is 2.38. The lowest BCUT2D eigenvalue weighted by atomic mass is 9.44. The lowest BCUT2D eigenvalue weighted by molar-refractivity contribution is -0.167. The van der Waals surface area contributed by atoms with E-state index in [-0.39, 0.29) is 5.41 Å². The summed E-state index contributed by atoms with van der Waals surface area (Å²) in [6.07, 6.45) is 10.2. The number of carbonyl (C=O) groups is 1. The molecule has 5 fully saturated rings. The molecule has 1 heterocycles.